The van der Waals surface area contributed by atoms with Gasteiger partial charge in [0.05, 0.1) is 5.70 Å². The third-order valence-electron chi connectivity index (χ3n) is 0.862. The quantitative estimate of drug-likeness (QED) is 0.416. The zero-order valence-corrected chi connectivity index (χ0v) is 6.10. The number of rotatable bonds is 1. The molecule has 0 amide bonds. The molecule has 3 N–H and O–H groups in total. The van der Waals surface area contributed by atoms with Crippen molar-refractivity contribution in [3.05, 3.63) is 23.1 Å². The van der Waals surface area contributed by atoms with Gasteiger partial charge in [0.1, 0.15) is 5.76 Å². The molecular formula is C7H13NO. The van der Waals surface area contributed by atoms with Crippen LogP contribution in [-0.2, 0) is 0 Å². The van der Waals surface area contributed by atoms with Crippen LogP contribution in [0.1, 0.15) is 20.8 Å². The zero-order chi connectivity index (χ0) is 7.44. The lowest BCUT2D eigenvalue weighted by molar-refractivity contribution is 0.408. The van der Waals surface area contributed by atoms with Gasteiger partial charge in [-0.3, -0.25) is 0 Å². The van der Waals surface area contributed by atoms with Crippen molar-refractivity contribution in [2.24, 2.45) is 5.73 Å². The smallest absolute Gasteiger partial charge is 0.112 e. The summed E-state index contributed by atoms with van der Waals surface area (Å²) in [6.45, 7) is 5.42. The first kappa shape index (κ1) is 8.08. The summed E-state index contributed by atoms with van der Waals surface area (Å²) in [4.78, 5) is 0. The van der Waals surface area contributed by atoms with Crippen LogP contribution in [0.2, 0.25) is 0 Å². The van der Waals surface area contributed by atoms with E-state index >= 15 is 0 Å². The molecule has 0 bridgehead atoms. The Morgan fingerprint density at radius 2 is 1.78 bits per heavy atom. The second-order valence-corrected chi connectivity index (χ2v) is 2.26. The van der Waals surface area contributed by atoms with Crippen LogP contribution in [0, 0.1) is 0 Å². The van der Waals surface area contributed by atoms with Gasteiger partial charge in [0.15, 0.2) is 0 Å². The monoisotopic (exact) mass is 127 g/mol. The fourth-order valence-corrected chi connectivity index (χ4v) is 0.415. The molecule has 0 spiro atoms. The lowest BCUT2D eigenvalue weighted by Gasteiger charge is -1.94. The molecule has 9 heavy (non-hydrogen) atoms. The van der Waals surface area contributed by atoms with E-state index in [1.54, 1.807) is 13.0 Å². The van der Waals surface area contributed by atoms with Crippen LogP contribution in [0.3, 0.4) is 0 Å². The molecule has 0 aliphatic rings. The Morgan fingerprint density at radius 3 is 1.89 bits per heavy atom. The largest absolute Gasteiger partial charge is 0.510 e. The molecule has 0 aromatic carbocycles. The summed E-state index contributed by atoms with van der Waals surface area (Å²) in [5, 5.41) is 8.78. The molecule has 0 saturated carbocycles. The van der Waals surface area contributed by atoms with E-state index in [-0.39, 0.29) is 5.76 Å². The molecule has 0 radical (unpaired) electrons. The third kappa shape index (κ3) is 3.64. The van der Waals surface area contributed by atoms with Gasteiger partial charge in [-0.1, -0.05) is 5.57 Å². The van der Waals surface area contributed by atoms with Crippen molar-refractivity contribution in [3.8, 4) is 0 Å². The van der Waals surface area contributed by atoms with E-state index in [0.29, 0.717) is 5.70 Å². The molecule has 0 rings (SSSR count). The molecule has 0 unspecified atom stereocenters. The molecule has 0 atom stereocenters. The molecule has 2 nitrogen and oxygen atoms in total. The topological polar surface area (TPSA) is 46.2 Å². The lowest BCUT2D eigenvalue weighted by Crippen LogP contribution is -1.97. The van der Waals surface area contributed by atoms with Crippen LogP contribution in [0.5, 0.6) is 0 Å². The van der Waals surface area contributed by atoms with Crippen LogP contribution in [-0.4, -0.2) is 5.11 Å². The summed E-state index contributed by atoms with van der Waals surface area (Å²) in [5.41, 5.74) is 6.89. The lowest BCUT2D eigenvalue weighted by atomic mass is 10.2. The second kappa shape index (κ2) is 3.17. The van der Waals surface area contributed by atoms with Crippen LogP contribution < -0.4 is 5.73 Å². The van der Waals surface area contributed by atoms with Crippen LogP contribution in [0.15, 0.2) is 23.1 Å². The van der Waals surface area contributed by atoms with Crippen molar-refractivity contribution in [2.45, 2.75) is 20.8 Å². The Bertz CT molecular complexity index is 148. The molecule has 0 fully saturated rings. The second-order valence-electron chi connectivity index (χ2n) is 2.26. The van der Waals surface area contributed by atoms with Gasteiger partial charge in [-0.15, -0.1) is 0 Å². The minimum atomic E-state index is 0.177. The molecule has 0 aromatic rings. The van der Waals surface area contributed by atoms with Crippen molar-refractivity contribution in [2.75, 3.05) is 0 Å². The van der Waals surface area contributed by atoms with Gasteiger partial charge in [-0.2, -0.15) is 0 Å². The molecule has 2 heteroatoms. The molecule has 52 valence electrons. The van der Waals surface area contributed by atoms with Gasteiger partial charge < -0.3 is 10.8 Å². The highest BCUT2D eigenvalue weighted by atomic mass is 16.3. The van der Waals surface area contributed by atoms with E-state index in [9.17, 15) is 0 Å². The van der Waals surface area contributed by atoms with Gasteiger partial charge in [0.25, 0.3) is 0 Å². The molecule has 0 aliphatic carbocycles. The Kier molecular flexibility index (Phi) is 2.85. The Hall–Kier alpha value is -0.920. The number of allylic oxidation sites excluding steroid dienone is 3. The number of aliphatic hydroxyl groups excluding tert-OH is 1. The first-order valence-corrected chi connectivity index (χ1v) is 2.84. The van der Waals surface area contributed by atoms with Gasteiger partial charge in [-0.05, 0) is 26.8 Å². The average Bonchev–Trinajstić information content (AvgIpc) is 1.63. The molecule has 0 saturated heterocycles. The van der Waals surface area contributed by atoms with E-state index in [2.05, 4.69) is 0 Å². The van der Waals surface area contributed by atoms with E-state index in [4.69, 9.17) is 10.8 Å². The van der Waals surface area contributed by atoms with Crippen LogP contribution in [0.25, 0.3) is 0 Å². The zero-order valence-electron chi connectivity index (χ0n) is 6.10. The molecule has 0 aliphatic heterocycles. The van der Waals surface area contributed by atoms with Gasteiger partial charge in [0.2, 0.25) is 0 Å². The van der Waals surface area contributed by atoms with E-state index in [1.807, 2.05) is 13.8 Å². The summed E-state index contributed by atoms with van der Waals surface area (Å²) >= 11 is 0. The number of hydrogen-bond donors (Lipinski definition) is 2. The summed E-state index contributed by atoms with van der Waals surface area (Å²) < 4.78 is 0. The molecule has 0 heterocycles. The normalized spacial score (nSPS) is 12.3. The van der Waals surface area contributed by atoms with E-state index in [1.165, 1.54) is 0 Å². The Balaban J connectivity index is 4.25. The number of aliphatic hydroxyl groups is 1. The Labute approximate surface area is 55.7 Å². The summed E-state index contributed by atoms with van der Waals surface area (Å²) in [5.74, 6) is 0.177. The third-order valence-corrected chi connectivity index (χ3v) is 0.862. The fourth-order valence-electron chi connectivity index (χ4n) is 0.415. The van der Waals surface area contributed by atoms with E-state index in [0.717, 1.165) is 5.57 Å². The van der Waals surface area contributed by atoms with Crippen molar-refractivity contribution in [1.82, 2.24) is 0 Å². The van der Waals surface area contributed by atoms with Gasteiger partial charge in [-0.25, -0.2) is 0 Å². The predicted molar refractivity (Wildman–Crippen MR) is 38.9 cm³/mol. The van der Waals surface area contributed by atoms with Crippen LogP contribution >= 0.6 is 0 Å². The molecule has 0 aromatic heterocycles. The first-order valence-electron chi connectivity index (χ1n) is 2.84. The first-order chi connectivity index (χ1) is 4.04. The van der Waals surface area contributed by atoms with Crippen molar-refractivity contribution >= 4 is 0 Å². The minimum absolute atomic E-state index is 0.177. The summed E-state index contributed by atoms with van der Waals surface area (Å²) in [6, 6.07) is 0. The van der Waals surface area contributed by atoms with Crippen molar-refractivity contribution in [1.29, 1.82) is 0 Å². The SMILES string of the molecule is CC(C)=C/C(N)=C(\C)O. The number of hydrogen-bond acceptors (Lipinski definition) is 2. The van der Waals surface area contributed by atoms with Crippen molar-refractivity contribution in [3.63, 3.8) is 0 Å². The maximum atomic E-state index is 8.78. The fraction of sp³-hybridized carbons (Fsp3) is 0.429. The average molecular weight is 127 g/mol. The highest BCUT2D eigenvalue weighted by Crippen LogP contribution is 1.98. The Morgan fingerprint density at radius 1 is 1.33 bits per heavy atom. The summed E-state index contributed by atoms with van der Waals surface area (Å²) in [6.07, 6.45) is 1.73. The van der Waals surface area contributed by atoms with E-state index < -0.39 is 0 Å². The highest BCUT2D eigenvalue weighted by molar-refractivity contribution is 5.20. The maximum Gasteiger partial charge on any atom is 0.112 e. The van der Waals surface area contributed by atoms with Crippen molar-refractivity contribution < 1.29 is 5.11 Å². The molecular weight excluding hydrogens is 114 g/mol. The van der Waals surface area contributed by atoms with Gasteiger partial charge >= 0.3 is 0 Å². The minimum Gasteiger partial charge on any atom is -0.510 e. The summed E-state index contributed by atoms with van der Waals surface area (Å²) in [7, 11) is 0. The van der Waals surface area contributed by atoms with Gasteiger partial charge in [0, 0.05) is 0 Å². The van der Waals surface area contributed by atoms with Crippen LogP contribution in [0.4, 0.5) is 0 Å². The highest BCUT2D eigenvalue weighted by Gasteiger charge is 1.88. The maximum absolute atomic E-state index is 8.78. The number of nitrogens with two attached hydrogens (primary N) is 1. The predicted octanol–water partition coefficient (Wildman–Crippen LogP) is 1.70. The standard InChI is InChI=1S/C7H13NO/c1-5(2)4-7(8)6(3)9/h4,9H,8H2,1-3H3/b7-6-.